The fourth-order valence-corrected chi connectivity index (χ4v) is 5.52. The molecule has 0 radical (unpaired) electrons. The Morgan fingerprint density at radius 1 is 1.21 bits per heavy atom. The van der Waals surface area contributed by atoms with Crippen LogP contribution < -0.4 is 10.6 Å². The number of aliphatic hydroxyl groups is 1. The lowest BCUT2D eigenvalue weighted by Crippen LogP contribution is -2.44. The van der Waals surface area contributed by atoms with Crippen molar-refractivity contribution in [1.82, 2.24) is 20.2 Å². The molecule has 0 saturated carbocycles. The molecule has 0 aliphatic carbocycles. The van der Waals surface area contributed by atoms with E-state index in [-0.39, 0.29) is 49.3 Å². The Labute approximate surface area is 278 Å². The summed E-state index contributed by atoms with van der Waals surface area (Å²) in [6, 6.07) is -0.875. The zero-order valence-corrected chi connectivity index (χ0v) is 27.6. The maximum absolute atomic E-state index is 13.6. The second-order valence-corrected chi connectivity index (χ2v) is 12.1. The largest absolute Gasteiger partial charge is 0.460 e. The van der Waals surface area contributed by atoms with E-state index in [0.717, 1.165) is 5.57 Å². The normalized spacial score (nSPS) is 26.4. The summed E-state index contributed by atoms with van der Waals surface area (Å²) in [5.74, 6) is -1.63. The number of aliphatic hydroxyl groups excluding tert-OH is 1. The number of ether oxygens (including phenoxy) is 2. The minimum Gasteiger partial charge on any atom is -0.460 e. The lowest BCUT2D eigenvalue weighted by Gasteiger charge is -2.30. The van der Waals surface area contributed by atoms with Gasteiger partial charge in [-0.15, -0.1) is 0 Å². The van der Waals surface area contributed by atoms with Gasteiger partial charge < -0.3 is 33.6 Å². The summed E-state index contributed by atoms with van der Waals surface area (Å²) in [6.45, 7) is 11.4. The molecule has 14 heteroatoms. The Morgan fingerprint density at radius 3 is 2.75 bits per heavy atom. The standard InChI is InChI=1S/C34H43N5O9/c1-20-8-6-12-35-29(41)11-10-22(3)31(23(4)17-47-34(44)38-28-19-45-24(5)36-28)48-33(43)27-9-7-13-39(27)32(42)26-18-46-30(37-26)16-21(2)15-25(40)14-20/h6,8,10-11,14,18-19,22-23,25,27,31,40H,2,7,9,12-13,15-17H2,1,3-5H3,(H,35,41)(H,38,44)/b8-6+,11-10+,20-14+. The van der Waals surface area contributed by atoms with E-state index in [9.17, 15) is 24.3 Å². The monoisotopic (exact) mass is 665 g/mol. The minimum atomic E-state index is -0.875. The summed E-state index contributed by atoms with van der Waals surface area (Å²) < 4.78 is 22.0. The number of anilines is 1. The van der Waals surface area contributed by atoms with Crippen molar-refractivity contribution >= 4 is 29.7 Å². The maximum atomic E-state index is 13.6. The minimum absolute atomic E-state index is 0.0475. The van der Waals surface area contributed by atoms with Crippen LogP contribution in [0.25, 0.3) is 0 Å². The van der Waals surface area contributed by atoms with Crippen molar-refractivity contribution in [2.45, 2.75) is 71.6 Å². The van der Waals surface area contributed by atoms with Gasteiger partial charge in [0.1, 0.15) is 24.7 Å². The first-order chi connectivity index (χ1) is 22.9. The third-order valence-corrected chi connectivity index (χ3v) is 7.89. The number of aromatic nitrogens is 2. The molecule has 4 rings (SSSR count). The summed E-state index contributed by atoms with van der Waals surface area (Å²) in [7, 11) is 0. The van der Waals surface area contributed by atoms with Gasteiger partial charge in [0, 0.05) is 38.3 Å². The molecule has 48 heavy (non-hydrogen) atoms. The average Bonchev–Trinajstić information content (AvgIpc) is 3.80. The molecule has 3 amide bonds. The van der Waals surface area contributed by atoms with Crippen LogP contribution in [0.15, 0.2) is 69.5 Å². The van der Waals surface area contributed by atoms with Crippen LogP contribution in [0.4, 0.5) is 10.6 Å². The lowest BCUT2D eigenvalue weighted by atomic mass is 9.93. The Morgan fingerprint density at radius 2 is 2.00 bits per heavy atom. The number of carbonyl (C=O) groups is 4. The summed E-state index contributed by atoms with van der Waals surface area (Å²) in [6.07, 6.45) is 9.75. The van der Waals surface area contributed by atoms with E-state index in [0.29, 0.717) is 30.9 Å². The predicted molar refractivity (Wildman–Crippen MR) is 173 cm³/mol. The van der Waals surface area contributed by atoms with Crippen LogP contribution in [0.3, 0.4) is 0 Å². The van der Waals surface area contributed by atoms with E-state index in [2.05, 4.69) is 27.2 Å². The van der Waals surface area contributed by atoms with E-state index in [1.54, 1.807) is 45.1 Å². The van der Waals surface area contributed by atoms with Crippen molar-refractivity contribution in [3.8, 4) is 0 Å². The highest BCUT2D eigenvalue weighted by molar-refractivity contribution is 5.95. The molecule has 2 aliphatic rings. The maximum Gasteiger partial charge on any atom is 0.412 e. The number of oxazole rings is 2. The van der Waals surface area contributed by atoms with E-state index >= 15 is 0 Å². The van der Waals surface area contributed by atoms with Crippen molar-refractivity contribution in [3.63, 3.8) is 0 Å². The van der Waals surface area contributed by atoms with Gasteiger partial charge in [0.15, 0.2) is 23.3 Å². The topological polar surface area (TPSA) is 186 Å². The molecule has 1 fully saturated rings. The first-order valence-corrected chi connectivity index (χ1v) is 15.9. The number of fused-ring (bicyclic) bond motifs is 3. The number of carbonyl (C=O) groups excluding carboxylic acids is 4. The Bertz CT molecular complexity index is 1570. The zero-order valence-electron chi connectivity index (χ0n) is 27.6. The fourth-order valence-electron chi connectivity index (χ4n) is 5.52. The molecule has 4 heterocycles. The van der Waals surface area contributed by atoms with Gasteiger partial charge in [0.05, 0.1) is 12.7 Å². The molecule has 0 spiro atoms. The highest BCUT2D eigenvalue weighted by Crippen LogP contribution is 2.26. The number of esters is 1. The number of allylic oxidation sites excluding steroid dienone is 2. The molecule has 2 bridgehead atoms. The third-order valence-electron chi connectivity index (χ3n) is 7.89. The van der Waals surface area contributed by atoms with E-state index in [4.69, 9.17) is 18.3 Å². The molecule has 2 aromatic heterocycles. The van der Waals surface area contributed by atoms with Crippen LogP contribution in [0.2, 0.25) is 0 Å². The molecule has 14 nitrogen and oxygen atoms in total. The molecular weight excluding hydrogens is 622 g/mol. The number of rotatable bonds is 4. The number of nitrogens with zero attached hydrogens (tertiary/aromatic N) is 3. The fraction of sp³-hybridized carbons (Fsp3) is 0.471. The lowest BCUT2D eigenvalue weighted by molar-refractivity contribution is -0.159. The van der Waals surface area contributed by atoms with Gasteiger partial charge in [-0.2, -0.15) is 4.98 Å². The van der Waals surface area contributed by atoms with Crippen LogP contribution in [0.1, 0.15) is 62.3 Å². The third kappa shape index (κ3) is 10.3. The molecule has 258 valence electrons. The molecule has 5 unspecified atom stereocenters. The van der Waals surface area contributed by atoms with Crippen molar-refractivity contribution < 1.29 is 42.6 Å². The second-order valence-electron chi connectivity index (χ2n) is 12.1. The number of nitrogens with one attached hydrogen (secondary N) is 2. The van der Waals surface area contributed by atoms with Gasteiger partial charge in [-0.1, -0.05) is 55.9 Å². The second kappa shape index (κ2) is 16.7. The van der Waals surface area contributed by atoms with Gasteiger partial charge in [0.25, 0.3) is 5.91 Å². The van der Waals surface area contributed by atoms with Crippen LogP contribution in [0, 0.1) is 18.8 Å². The van der Waals surface area contributed by atoms with Crippen LogP contribution in [-0.4, -0.2) is 81.8 Å². The van der Waals surface area contributed by atoms with Crippen molar-refractivity contribution in [2.75, 3.05) is 25.0 Å². The molecule has 0 aromatic carbocycles. The highest BCUT2D eigenvalue weighted by Gasteiger charge is 2.39. The highest BCUT2D eigenvalue weighted by atomic mass is 16.6. The van der Waals surface area contributed by atoms with E-state index in [1.807, 2.05) is 6.92 Å². The first-order valence-electron chi connectivity index (χ1n) is 15.9. The smallest absolute Gasteiger partial charge is 0.412 e. The predicted octanol–water partition coefficient (Wildman–Crippen LogP) is 4.05. The number of cyclic esters (lactones) is 1. The van der Waals surface area contributed by atoms with Gasteiger partial charge in [-0.3, -0.25) is 14.9 Å². The molecule has 5 atom stereocenters. The number of aryl methyl sites for hydroxylation is 1. The van der Waals surface area contributed by atoms with Gasteiger partial charge in [0.2, 0.25) is 5.91 Å². The zero-order chi connectivity index (χ0) is 34.8. The Hall–Kier alpha value is -4.98. The van der Waals surface area contributed by atoms with Gasteiger partial charge in [-0.05, 0) is 32.3 Å². The Kier molecular flexibility index (Phi) is 12.5. The molecule has 2 aromatic rings. The summed E-state index contributed by atoms with van der Waals surface area (Å²) >= 11 is 0. The number of hydrogen-bond acceptors (Lipinski definition) is 11. The number of amides is 3. The SMILES string of the molecule is C=C1Cc2nc(co2)C(=O)N2CCCC2C(=O)OC(C(C)COC(=O)Nc2coc(C)n2)C(C)/C=C/C(=O)NC/C=C/C(C)=C/C(O)C1. The summed E-state index contributed by atoms with van der Waals surface area (Å²) in [5.41, 5.74) is 1.49. The van der Waals surface area contributed by atoms with Gasteiger partial charge >= 0.3 is 12.1 Å². The molecular formula is C34H43N5O9. The quantitative estimate of drug-likeness (QED) is 0.316. The summed E-state index contributed by atoms with van der Waals surface area (Å²) in [4.78, 5) is 61.9. The first kappa shape index (κ1) is 35.9. The van der Waals surface area contributed by atoms with Crippen molar-refractivity contribution in [1.29, 1.82) is 0 Å². The molecule has 3 N–H and O–H groups in total. The Balaban J connectivity index is 1.54. The van der Waals surface area contributed by atoms with Crippen LogP contribution >= 0.6 is 0 Å². The van der Waals surface area contributed by atoms with Crippen LogP contribution in [0.5, 0.6) is 0 Å². The summed E-state index contributed by atoms with van der Waals surface area (Å²) in [5, 5.41) is 15.7. The molecule has 2 aliphatic heterocycles. The molecule has 1 saturated heterocycles. The van der Waals surface area contributed by atoms with E-state index < -0.39 is 48.1 Å². The van der Waals surface area contributed by atoms with Crippen molar-refractivity contribution in [2.24, 2.45) is 11.8 Å². The van der Waals surface area contributed by atoms with Gasteiger partial charge in [-0.25, -0.2) is 14.6 Å². The average molecular weight is 666 g/mol. The van der Waals surface area contributed by atoms with Crippen LogP contribution in [-0.2, 0) is 25.5 Å². The van der Waals surface area contributed by atoms with Crippen molar-refractivity contribution in [3.05, 3.63) is 78.1 Å². The van der Waals surface area contributed by atoms with E-state index in [1.165, 1.54) is 23.5 Å². The number of hydrogen-bond donors (Lipinski definition) is 3.